The molecule has 0 saturated carbocycles. The highest BCUT2D eigenvalue weighted by Crippen LogP contribution is 2.38. The Bertz CT molecular complexity index is 165. The molecule has 1 aliphatic heterocycles. The molecule has 1 saturated heterocycles. The summed E-state index contributed by atoms with van der Waals surface area (Å²) in [5, 5.41) is 3.32. The van der Waals surface area contributed by atoms with Crippen molar-refractivity contribution in [2.45, 2.75) is 32.3 Å². The van der Waals surface area contributed by atoms with Crippen molar-refractivity contribution >= 4 is 11.8 Å². The van der Waals surface area contributed by atoms with Crippen LogP contribution in [0.4, 0.5) is 0 Å². The number of rotatable bonds is 6. The molecule has 0 radical (unpaired) electrons. The van der Waals surface area contributed by atoms with E-state index < -0.39 is 0 Å². The van der Waals surface area contributed by atoms with E-state index in [0.717, 1.165) is 13.2 Å². The SMILES string of the molecule is CNCC1(CCCSC)CCOC1C. The van der Waals surface area contributed by atoms with E-state index in [0.29, 0.717) is 11.5 Å². The van der Waals surface area contributed by atoms with Gasteiger partial charge < -0.3 is 10.1 Å². The van der Waals surface area contributed by atoms with Gasteiger partial charge in [0.2, 0.25) is 0 Å². The van der Waals surface area contributed by atoms with E-state index in [1.165, 1.54) is 25.0 Å². The quantitative estimate of drug-likeness (QED) is 0.689. The Balaban J connectivity index is 2.44. The van der Waals surface area contributed by atoms with Crippen LogP contribution in [0.15, 0.2) is 0 Å². The van der Waals surface area contributed by atoms with Gasteiger partial charge in [-0.1, -0.05) is 0 Å². The van der Waals surface area contributed by atoms with Crippen LogP contribution in [0.2, 0.25) is 0 Å². The molecule has 0 aromatic carbocycles. The predicted octanol–water partition coefficient (Wildman–Crippen LogP) is 2.14. The molecule has 0 spiro atoms. The zero-order valence-corrected chi connectivity index (χ0v) is 10.5. The smallest absolute Gasteiger partial charge is 0.0616 e. The minimum atomic E-state index is 0.407. The fourth-order valence-corrected chi connectivity index (χ4v) is 2.82. The maximum Gasteiger partial charge on any atom is 0.0616 e. The van der Waals surface area contributed by atoms with Gasteiger partial charge in [0.15, 0.2) is 0 Å². The fourth-order valence-electron chi connectivity index (χ4n) is 2.39. The van der Waals surface area contributed by atoms with Crippen molar-refractivity contribution in [3.8, 4) is 0 Å². The third-order valence-corrected chi connectivity index (χ3v) is 4.08. The Morgan fingerprint density at radius 2 is 2.36 bits per heavy atom. The highest BCUT2D eigenvalue weighted by Gasteiger charge is 2.40. The highest BCUT2D eigenvalue weighted by molar-refractivity contribution is 7.98. The summed E-state index contributed by atoms with van der Waals surface area (Å²) in [6.07, 6.45) is 6.45. The zero-order chi connectivity index (χ0) is 10.4. The molecule has 0 amide bonds. The second-order valence-electron chi connectivity index (χ2n) is 4.25. The average Bonchev–Trinajstić information content (AvgIpc) is 2.50. The van der Waals surface area contributed by atoms with Crippen LogP contribution in [-0.2, 0) is 4.74 Å². The lowest BCUT2D eigenvalue weighted by Crippen LogP contribution is -2.38. The largest absolute Gasteiger partial charge is 0.378 e. The van der Waals surface area contributed by atoms with Crippen LogP contribution in [-0.4, -0.2) is 38.3 Å². The minimum absolute atomic E-state index is 0.407. The zero-order valence-electron chi connectivity index (χ0n) is 9.64. The Labute approximate surface area is 92.2 Å². The number of thioether (sulfide) groups is 1. The highest BCUT2D eigenvalue weighted by atomic mass is 32.2. The standard InChI is InChI=1S/C11H23NOS/c1-10-11(9-12-2,6-7-13-10)5-4-8-14-3/h10,12H,4-9H2,1-3H3. The molecule has 84 valence electrons. The molecule has 0 aromatic rings. The number of hydrogen-bond acceptors (Lipinski definition) is 3. The molecule has 1 aliphatic rings. The van der Waals surface area contributed by atoms with Gasteiger partial charge in [-0.3, -0.25) is 0 Å². The van der Waals surface area contributed by atoms with Gasteiger partial charge in [-0.15, -0.1) is 0 Å². The fraction of sp³-hybridized carbons (Fsp3) is 1.00. The molecule has 14 heavy (non-hydrogen) atoms. The molecule has 0 aromatic heterocycles. The third-order valence-electron chi connectivity index (χ3n) is 3.38. The van der Waals surface area contributed by atoms with Crippen molar-refractivity contribution in [2.24, 2.45) is 5.41 Å². The van der Waals surface area contributed by atoms with E-state index in [9.17, 15) is 0 Å². The van der Waals surface area contributed by atoms with Crippen molar-refractivity contribution in [1.29, 1.82) is 0 Å². The van der Waals surface area contributed by atoms with Gasteiger partial charge in [-0.2, -0.15) is 11.8 Å². The van der Waals surface area contributed by atoms with Crippen LogP contribution < -0.4 is 5.32 Å². The summed E-state index contributed by atoms with van der Waals surface area (Å²) in [4.78, 5) is 0. The lowest BCUT2D eigenvalue weighted by Gasteiger charge is -2.32. The first kappa shape index (κ1) is 12.3. The molecule has 0 bridgehead atoms. The lowest BCUT2D eigenvalue weighted by molar-refractivity contribution is 0.0592. The third kappa shape index (κ3) is 2.88. The van der Waals surface area contributed by atoms with Crippen LogP contribution >= 0.6 is 11.8 Å². The van der Waals surface area contributed by atoms with Crippen LogP contribution in [0.3, 0.4) is 0 Å². The number of ether oxygens (including phenoxy) is 1. The molecule has 1 fully saturated rings. The number of nitrogens with one attached hydrogen (secondary N) is 1. The second-order valence-corrected chi connectivity index (χ2v) is 5.24. The normalized spacial score (nSPS) is 32.4. The van der Waals surface area contributed by atoms with Gasteiger partial charge >= 0.3 is 0 Å². The van der Waals surface area contributed by atoms with Gasteiger partial charge in [-0.25, -0.2) is 0 Å². The Morgan fingerprint density at radius 3 is 2.86 bits per heavy atom. The average molecular weight is 217 g/mol. The molecule has 1 rings (SSSR count). The summed E-state index contributed by atoms with van der Waals surface area (Å²) >= 11 is 1.94. The molecule has 2 atom stereocenters. The summed E-state index contributed by atoms with van der Waals surface area (Å²) in [7, 11) is 2.04. The maximum atomic E-state index is 5.71. The lowest BCUT2D eigenvalue weighted by atomic mass is 9.77. The minimum Gasteiger partial charge on any atom is -0.378 e. The van der Waals surface area contributed by atoms with E-state index in [1.54, 1.807) is 0 Å². The Morgan fingerprint density at radius 1 is 1.57 bits per heavy atom. The van der Waals surface area contributed by atoms with Gasteiger partial charge in [0.1, 0.15) is 0 Å². The van der Waals surface area contributed by atoms with Crippen molar-refractivity contribution in [1.82, 2.24) is 5.32 Å². The van der Waals surface area contributed by atoms with Crippen LogP contribution in [0.5, 0.6) is 0 Å². The van der Waals surface area contributed by atoms with Crippen LogP contribution in [0, 0.1) is 5.41 Å². The van der Waals surface area contributed by atoms with Crippen molar-refractivity contribution < 1.29 is 4.74 Å². The molecular formula is C11H23NOS. The molecule has 2 nitrogen and oxygen atoms in total. The van der Waals surface area contributed by atoms with Crippen LogP contribution in [0.25, 0.3) is 0 Å². The van der Waals surface area contributed by atoms with Crippen LogP contribution in [0.1, 0.15) is 26.2 Å². The van der Waals surface area contributed by atoms with Crippen molar-refractivity contribution in [3.63, 3.8) is 0 Å². The first-order valence-corrected chi connectivity index (χ1v) is 6.90. The summed E-state index contributed by atoms with van der Waals surface area (Å²) in [6.45, 7) is 4.27. The Kier molecular flexibility index (Phi) is 5.28. The van der Waals surface area contributed by atoms with E-state index in [1.807, 2.05) is 18.8 Å². The monoisotopic (exact) mass is 217 g/mol. The predicted molar refractivity (Wildman–Crippen MR) is 64.0 cm³/mol. The first-order valence-electron chi connectivity index (χ1n) is 5.50. The number of hydrogen-bond donors (Lipinski definition) is 1. The van der Waals surface area contributed by atoms with Crippen molar-refractivity contribution in [3.05, 3.63) is 0 Å². The second kappa shape index (κ2) is 5.99. The topological polar surface area (TPSA) is 21.3 Å². The van der Waals surface area contributed by atoms with E-state index >= 15 is 0 Å². The van der Waals surface area contributed by atoms with Gasteiger partial charge in [0.05, 0.1) is 6.10 Å². The molecule has 3 heteroatoms. The maximum absolute atomic E-state index is 5.71. The van der Waals surface area contributed by atoms with E-state index in [-0.39, 0.29) is 0 Å². The summed E-state index contributed by atoms with van der Waals surface area (Å²) in [5.74, 6) is 1.28. The Hall–Kier alpha value is 0.270. The molecule has 2 unspecified atom stereocenters. The van der Waals surface area contributed by atoms with Gasteiger partial charge in [-0.05, 0) is 45.2 Å². The first-order chi connectivity index (χ1) is 6.75. The molecule has 1 heterocycles. The summed E-state index contributed by atoms with van der Waals surface area (Å²) < 4.78 is 5.71. The molecule has 1 N–H and O–H groups in total. The molecular weight excluding hydrogens is 194 g/mol. The van der Waals surface area contributed by atoms with E-state index in [4.69, 9.17) is 4.74 Å². The summed E-state index contributed by atoms with van der Waals surface area (Å²) in [5.41, 5.74) is 0.407. The van der Waals surface area contributed by atoms with Crippen molar-refractivity contribution in [2.75, 3.05) is 32.2 Å². The molecule has 0 aliphatic carbocycles. The summed E-state index contributed by atoms with van der Waals surface area (Å²) in [6, 6.07) is 0. The van der Waals surface area contributed by atoms with Gasteiger partial charge in [0, 0.05) is 18.6 Å². The van der Waals surface area contributed by atoms with Gasteiger partial charge in [0.25, 0.3) is 0 Å². The van der Waals surface area contributed by atoms with E-state index in [2.05, 4.69) is 18.5 Å².